The molecule has 1 aliphatic carbocycles. The molecule has 3 rings (SSSR count). The average Bonchev–Trinajstić information content (AvgIpc) is 2.89. The van der Waals surface area contributed by atoms with Gasteiger partial charge in [0.1, 0.15) is 6.04 Å². The molecule has 0 radical (unpaired) electrons. The number of benzene rings is 2. The van der Waals surface area contributed by atoms with Crippen LogP contribution in [-0.2, 0) is 26.2 Å². The van der Waals surface area contributed by atoms with Crippen LogP contribution in [0.4, 0.5) is 5.69 Å². The van der Waals surface area contributed by atoms with Crippen molar-refractivity contribution in [2.75, 3.05) is 17.1 Å². The van der Waals surface area contributed by atoms with Crippen LogP contribution in [0.25, 0.3) is 0 Å². The standard InChI is InChI=1S/C30H42ClN3O4S/c1-5-27(30(36)32-25-11-7-6-8-12-25)33(21-24-18-16-22(2)17-19-24)29(35)15-10-20-34(39(4,37)38)28-14-9-13-26(31)23(28)3/h9,13-14,16-19,25,27H,5-8,10-12,15,20-21H2,1-4H3,(H,32,36). The number of nitrogens with one attached hydrogen (secondary N) is 1. The van der Waals surface area contributed by atoms with Gasteiger partial charge in [-0.1, -0.05) is 73.7 Å². The molecule has 39 heavy (non-hydrogen) atoms. The molecule has 0 spiro atoms. The fraction of sp³-hybridized carbons (Fsp3) is 0.533. The molecule has 9 heteroatoms. The van der Waals surface area contributed by atoms with E-state index in [0.717, 1.165) is 43.1 Å². The molecule has 214 valence electrons. The Labute approximate surface area is 239 Å². The molecule has 1 aliphatic rings. The summed E-state index contributed by atoms with van der Waals surface area (Å²) in [4.78, 5) is 28.7. The molecular formula is C30H42ClN3O4S. The molecule has 1 atom stereocenters. The minimum atomic E-state index is -3.59. The highest BCUT2D eigenvalue weighted by atomic mass is 35.5. The van der Waals surface area contributed by atoms with E-state index in [9.17, 15) is 18.0 Å². The van der Waals surface area contributed by atoms with E-state index in [1.807, 2.05) is 38.1 Å². The molecule has 1 N–H and O–H groups in total. The number of aryl methyl sites for hydroxylation is 1. The maximum Gasteiger partial charge on any atom is 0.243 e. The van der Waals surface area contributed by atoms with Crippen LogP contribution in [0.15, 0.2) is 42.5 Å². The zero-order valence-corrected chi connectivity index (χ0v) is 25.2. The van der Waals surface area contributed by atoms with Crippen LogP contribution in [0.2, 0.25) is 5.02 Å². The van der Waals surface area contributed by atoms with Gasteiger partial charge in [0.15, 0.2) is 0 Å². The lowest BCUT2D eigenvalue weighted by Gasteiger charge is -2.33. The molecule has 1 unspecified atom stereocenters. The number of anilines is 1. The monoisotopic (exact) mass is 575 g/mol. The summed E-state index contributed by atoms with van der Waals surface area (Å²) >= 11 is 6.25. The molecule has 1 saturated carbocycles. The van der Waals surface area contributed by atoms with Crippen molar-refractivity contribution in [3.05, 3.63) is 64.2 Å². The van der Waals surface area contributed by atoms with Gasteiger partial charge in [-0.05, 0) is 62.8 Å². The highest BCUT2D eigenvalue weighted by Crippen LogP contribution is 2.28. The van der Waals surface area contributed by atoms with Crippen LogP contribution in [0, 0.1) is 13.8 Å². The maximum absolute atomic E-state index is 13.7. The summed E-state index contributed by atoms with van der Waals surface area (Å²) in [5, 5.41) is 3.68. The van der Waals surface area contributed by atoms with Gasteiger partial charge in [0, 0.05) is 30.6 Å². The number of hydrogen-bond acceptors (Lipinski definition) is 4. The van der Waals surface area contributed by atoms with Crippen molar-refractivity contribution in [2.45, 2.75) is 90.8 Å². The van der Waals surface area contributed by atoms with E-state index >= 15 is 0 Å². The first-order valence-corrected chi connectivity index (χ1v) is 16.1. The number of hydrogen-bond donors (Lipinski definition) is 1. The van der Waals surface area contributed by atoms with Gasteiger partial charge in [-0.3, -0.25) is 13.9 Å². The molecule has 2 aromatic rings. The van der Waals surface area contributed by atoms with Crippen LogP contribution >= 0.6 is 11.6 Å². The lowest BCUT2D eigenvalue weighted by Crippen LogP contribution is -2.51. The van der Waals surface area contributed by atoms with E-state index in [2.05, 4.69) is 5.32 Å². The Bertz CT molecular complexity index is 1230. The minimum Gasteiger partial charge on any atom is -0.352 e. The number of rotatable bonds is 12. The van der Waals surface area contributed by atoms with Gasteiger partial charge in [-0.15, -0.1) is 0 Å². The molecule has 1 fully saturated rings. The third-order valence-electron chi connectivity index (χ3n) is 7.47. The van der Waals surface area contributed by atoms with Gasteiger partial charge < -0.3 is 10.2 Å². The summed E-state index contributed by atoms with van der Waals surface area (Å²) in [6.07, 6.45) is 7.42. The second-order valence-corrected chi connectivity index (χ2v) is 12.9. The molecule has 0 aromatic heterocycles. The van der Waals surface area contributed by atoms with Crippen molar-refractivity contribution in [3.63, 3.8) is 0 Å². The fourth-order valence-electron chi connectivity index (χ4n) is 5.20. The Morgan fingerprint density at radius 1 is 1.05 bits per heavy atom. The Kier molecular flexibility index (Phi) is 11.2. The molecule has 2 amide bonds. The van der Waals surface area contributed by atoms with Crippen LogP contribution < -0.4 is 9.62 Å². The predicted octanol–water partition coefficient (Wildman–Crippen LogP) is 5.76. The van der Waals surface area contributed by atoms with Gasteiger partial charge in [-0.25, -0.2) is 8.42 Å². The minimum absolute atomic E-state index is 0.114. The van der Waals surface area contributed by atoms with E-state index in [1.54, 1.807) is 30.0 Å². The van der Waals surface area contributed by atoms with E-state index in [4.69, 9.17) is 11.6 Å². The van der Waals surface area contributed by atoms with Crippen molar-refractivity contribution in [2.24, 2.45) is 0 Å². The Balaban J connectivity index is 1.77. The van der Waals surface area contributed by atoms with Gasteiger partial charge in [-0.2, -0.15) is 0 Å². The number of carbonyl (C=O) groups is 2. The first-order chi connectivity index (χ1) is 18.5. The molecule has 2 aromatic carbocycles. The smallest absolute Gasteiger partial charge is 0.243 e. The zero-order chi connectivity index (χ0) is 28.6. The van der Waals surface area contributed by atoms with Crippen molar-refractivity contribution in [1.82, 2.24) is 10.2 Å². The Morgan fingerprint density at radius 2 is 1.72 bits per heavy atom. The first kappa shape index (κ1) is 31.0. The SMILES string of the molecule is CCC(C(=O)NC1CCCCC1)N(Cc1ccc(C)cc1)C(=O)CCCN(c1cccc(Cl)c1C)S(C)(=O)=O. The van der Waals surface area contributed by atoms with Gasteiger partial charge in [0.2, 0.25) is 21.8 Å². The second-order valence-electron chi connectivity index (χ2n) is 10.6. The molecule has 0 heterocycles. The number of halogens is 1. The first-order valence-electron chi connectivity index (χ1n) is 13.9. The number of carbonyl (C=O) groups excluding carboxylic acids is 2. The average molecular weight is 576 g/mol. The Hall–Kier alpha value is -2.58. The molecule has 0 aliphatic heterocycles. The lowest BCUT2D eigenvalue weighted by atomic mass is 9.95. The Morgan fingerprint density at radius 3 is 2.33 bits per heavy atom. The highest BCUT2D eigenvalue weighted by molar-refractivity contribution is 7.92. The summed E-state index contributed by atoms with van der Waals surface area (Å²) in [6, 6.07) is 12.7. The van der Waals surface area contributed by atoms with Crippen LogP contribution in [0.3, 0.4) is 0 Å². The third kappa shape index (κ3) is 8.70. The van der Waals surface area contributed by atoms with E-state index < -0.39 is 16.1 Å². The van der Waals surface area contributed by atoms with Gasteiger partial charge >= 0.3 is 0 Å². The quantitative estimate of drug-likeness (QED) is 0.349. The summed E-state index contributed by atoms with van der Waals surface area (Å²) in [5.74, 6) is -0.283. The summed E-state index contributed by atoms with van der Waals surface area (Å²) in [5.41, 5.74) is 3.25. The second kappa shape index (κ2) is 14.2. The van der Waals surface area contributed by atoms with E-state index in [0.29, 0.717) is 35.7 Å². The molecular weight excluding hydrogens is 534 g/mol. The maximum atomic E-state index is 13.7. The summed E-state index contributed by atoms with van der Waals surface area (Å²) in [7, 11) is -3.59. The number of nitrogens with zero attached hydrogens (tertiary/aromatic N) is 2. The molecule has 7 nitrogen and oxygen atoms in total. The molecule has 0 saturated heterocycles. The van der Waals surface area contributed by atoms with E-state index in [-0.39, 0.29) is 30.8 Å². The van der Waals surface area contributed by atoms with E-state index in [1.165, 1.54) is 10.7 Å². The number of amides is 2. The summed E-state index contributed by atoms with van der Waals surface area (Å²) in [6.45, 7) is 6.16. The van der Waals surface area contributed by atoms with Crippen molar-refractivity contribution in [1.29, 1.82) is 0 Å². The van der Waals surface area contributed by atoms with Crippen molar-refractivity contribution < 1.29 is 18.0 Å². The lowest BCUT2D eigenvalue weighted by molar-refractivity contribution is -0.141. The van der Waals surface area contributed by atoms with Crippen molar-refractivity contribution in [3.8, 4) is 0 Å². The van der Waals surface area contributed by atoms with Crippen LogP contribution in [-0.4, -0.2) is 50.0 Å². The topological polar surface area (TPSA) is 86.8 Å². The van der Waals surface area contributed by atoms with Gasteiger partial charge in [0.25, 0.3) is 0 Å². The highest BCUT2D eigenvalue weighted by Gasteiger charge is 2.30. The largest absolute Gasteiger partial charge is 0.352 e. The van der Waals surface area contributed by atoms with Crippen LogP contribution in [0.1, 0.15) is 75.0 Å². The predicted molar refractivity (Wildman–Crippen MR) is 158 cm³/mol. The zero-order valence-electron chi connectivity index (χ0n) is 23.6. The fourth-order valence-corrected chi connectivity index (χ4v) is 6.39. The summed E-state index contributed by atoms with van der Waals surface area (Å²) < 4.78 is 26.6. The normalized spacial score (nSPS) is 15.0. The number of sulfonamides is 1. The van der Waals surface area contributed by atoms with Crippen molar-refractivity contribution >= 4 is 39.1 Å². The van der Waals surface area contributed by atoms with Gasteiger partial charge in [0.05, 0.1) is 11.9 Å². The molecule has 0 bridgehead atoms. The van der Waals surface area contributed by atoms with Crippen LogP contribution in [0.5, 0.6) is 0 Å². The third-order valence-corrected chi connectivity index (χ3v) is 9.06.